The first-order valence-corrected chi connectivity index (χ1v) is 9.81. The van der Waals surface area contributed by atoms with Gasteiger partial charge in [0, 0.05) is 17.3 Å². The van der Waals surface area contributed by atoms with Crippen molar-refractivity contribution in [1.82, 2.24) is 0 Å². The summed E-state index contributed by atoms with van der Waals surface area (Å²) in [6.45, 7) is 3.81. The van der Waals surface area contributed by atoms with Gasteiger partial charge in [-0.2, -0.15) is 0 Å². The van der Waals surface area contributed by atoms with Gasteiger partial charge in [0.1, 0.15) is 11.5 Å². The number of ketones is 2. The van der Waals surface area contributed by atoms with Crippen LogP contribution in [0.3, 0.4) is 0 Å². The van der Waals surface area contributed by atoms with Crippen LogP contribution in [0, 0.1) is 16.7 Å². The summed E-state index contributed by atoms with van der Waals surface area (Å²) in [7, 11) is 1.71. The van der Waals surface area contributed by atoms with Crippen LogP contribution in [0.2, 0.25) is 0 Å². The Morgan fingerprint density at radius 1 is 1.31 bits per heavy atom. The zero-order valence-electron chi connectivity index (χ0n) is 16.0. The fourth-order valence-electron chi connectivity index (χ4n) is 6.07. The Kier molecular flexibility index (Phi) is 4.09. The molecule has 1 aromatic rings. The van der Waals surface area contributed by atoms with Gasteiger partial charge in [0.2, 0.25) is 0 Å². The molecule has 0 radical (unpaired) electrons. The summed E-state index contributed by atoms with van der Waals surface area (Å²) in [6, 6.07) is 6.47. The van der Waals surface area contributed by atoms with Crippen molar-refractivity contribution in [2.75, 3.05) is 7.11 Å². The molecule has 0 spiro atoms. The quantitative estimate of drug-likeness (QED) is 0.793. The van der Waals surface area contributed by atoms with E-state index in [2.05, 4.69) is 31.2 Å². The van der Waals surface area contributed by atoms with Gasteiger partial charge in [0.25, 0.3) is 0 Å². The molecular formula is C23H28O3. The number of methoxy groups -OCH3 is 1. The van der Waals surface area contributed by atoms with E-state index in [1.807, 2.05) is 6.08 Å². The molecule has 4 atom stereocenters. The van der Waals surface area contributed by atoms with Crippen molar-refractivity contribution in [2.24, 2.45) is 16.7 Å². The van der Waals surface area contributed by atoms with E-state index in [0.717, 1.165) is 37.9 Å². The van der Waals surface area contributed by atoms with Gasteiger partial charge >= 0.3 is 0 Å². The molecule has 0 N–H and O–H groups in total. The average Bonchev–Trinajstić information content (AvgIpc) is 2.91. The lowest BCUT2D eigenvalue weighted by molar-refractivity contribution is -0.135. The Balaban J connectivity index is 1.76. The summed E-state index contributed by atoms with van der Waals surface area (Å²) in [5, 5.41) is 0. The molecule has 0 aromatic heterocycles. The van der Waals surface area contributed by atoms with Crippen LogP contribution >= 0.6 is 0 Å². The maximum atomic E-state index is 12.8. The van der Waals surface area contributed by atoms with Crippen LogP contribution in [0.5, 0.6) is 5.75 Å². The molecule has 0 bridgehead atoms. The van der Waals surface area contributed by atoms with Crippen LogP contribution in [0.15, 0.2) is 30.4 Å². The highest BCUT2D eigenvalue weighted by molar-refractivity contribution is 5.98. The Morgan fingerprint density at radius 2 is 2.12 bits per heavy atom. The molecule has 3 heteroatoms. The Bertz CT molecular complexity index is 793. The Labute approximate surface area is 155 Å². The predicted molar refractivity (Wildman–Crippen MR) is 101 cm³/mol. The van der Waals surface area contributed by atoms with Crippen molar-refractivity contribution in [3.05, 3.63) is 41.5 Å². The second kappa shape index (κ2) is 6.07. The number of carbonyl (C=O) groups excluding carboxylic acids is 2. The van der Waals surface area contributed by atoms with Gasteiger partial charge in [-0.1, -0.05) is 19.1 Å². The highest BCUT2D eigenvalue weighted by Crippen LogP contribution is 2.66. The van der Waals surface area contributed by atoms with Gasteiger partial charge in [-0.3, -0.25) is 4.79 Å². The van der Waals surface area contributed by atoms with Gasteiger partial charge in [-0.25, -0.2) is 0 Å². The highest BCUT2D eigenvalue weighted by Gasteiger charge is 2.61. The Morgan fingerprint density at radius 3 is 2.85 bits per heavy atom. The van der Waals surface area contributed by atoms with E-state index in [0.29, 0.717) is 18.3 Å². The van der Waals surface area contributed by atoms with E-state index in [1.165, 1.54) is 11.1 Å². The van der Waals surface area contributed by atoms with Crippen molar-refractivity contribution in [2.45, 2.75) is 58.3 Å². The van der Waals surface area contributed by atoms with Crippen molar-refractivity contribution in [3.63, 3.8) is 0 Å². The monoisotopic (exact) mass is 352 g/mol. The molecule has 0 heterocycles. The fourth-order valence-corrected chi connectivity index (χ4v) is 6.07. The normalized spacial score (nSPS) is 34.8. The first-order valence-electron chi connectivity index (χ1n) is 9.81. The van der Waals surface area contributed by atoms with E-state index in [1.54, 1.807) is 14.0 Å². The molecule has 3 aliphatic carbocycles. The van der Waals surface area contributed by atoms with E-state index >= 15 is 0 Å². The molecule has 1 saturated carbocycles. The van der Waals surface area contributed by atoms with Crippen molar-refractivity contribution < 1.29 is 14.3 Å². The highest BCUT2D eigenvalue weighted by atomic mass is 16.5. The lowest BCUT2D eigenvalue weighted by atomic mass is 9.46. The number of carbonyl (C=O) groups is 2. The average molecular weight is 352 g/mol. The number of benzene rings is 1. The maximum absolute atomic E-state index is 12.8. The maximum Gasteiger partial charge on any atom is 0.162 e. The third-order valence-electron chi connectivity index (χ3n) is 7.57. The molecule has 0 amide bonds. The molecule has 138 valence electrons. The lowest BCUT2D eigenvalue weighted by Crippen LogP contribution is -2.52. The van der Waals surface area contributed by atoms with Crippen LogP contribution in [0.25, 0.3) is 0 Å². The van der Waals surface area contributed by atoms with Crippen LogP contribution in [0.4, 0.5) is 0 Å². The molecule has 3 aliphatic rings. The zero-order valence-corrected chi connectivity index (χ0v) is 16.0. The smallest absolute Gasteiger partial charge is 0.162 e. The molecule has 0 aliphatic heterocycles. The third kappa shape index (κ3) is 2.32. The second-order valence-electron chi connectivity index (χ2n) is 8.63. The van der Waals surface area contributed by atoms with Crippen molar-refractivity contribution >= 4 is 11.6 Å². The van der Waals surface area contributed by atoms with E-state index in [9.17, 15) is 9.59 Å². The minimum Gasteiger partial charge on any atom is -0.497 e. The second-order valence-corrected chi connectivity index (χ2v) is 8.63. The molecular weight excluding hydrogens is 324 g/mol. The minimum absolute atomic E-state index is 0.170. The summed E-state index contributed by atoms with van der Waals surface area (Å²) in [5.74, 6) is 2.31. The first kappa shape index (κ1) is 17.5. The number of aryl methyl sites for hydroxylation is 1. The number of rotatable bonds is 4. The van der Waals surface area contributed by atoms with Crippen LogP contribution in [0.1, 0.15) is 63.0 Å². The third-order valence-corrected chi connectivity index (χ3v) is 7.57. The van der Waals surface area contributed by atoms with Gasteiger partial charge in [0.15, 0.2) is 5.78 Å². The molecule has 1 aromatic carbocycles. The molecule has 0 saturated heterocycles. The van der Waals surface area contributed by atoms with Crippen LogP contribution < -0.4 is 4.74 Å². The summed E-state index contributed by atoms with van der Waals surface area (Å²) in [5.41, 5.74) is 2.31. The number of hydrogen-bond donors (Lipinski definition) is 0. The summed E-state index contributed by atoms with van der Waals surface area (Å²) >= 11 is 0. The van der Waals surface area contributed by atoms with Gasteiger partial charge < -0.3 is 9.53 Å². The number of allylic oxidation sites excluding steroid dienone is 2. The van der Waals surface area contributed by atoms with Crippen LogP contribution in [-0.2, 0) is 16.0 Å². The predicted octanol–water partition coefficient (Wildman–Crippen LogP) is 4.64. The Hall–Kier alpha value is -1.90. The largest absolute Gasteiger partial charge is 0.497 e. The van der Waals surface area contributed by atoms with Gasteiger partial charge in [-0.05, 0) is 80.2 Å². The molecule has 26 heavy (non-hydrogen) atoms. The van der Waals surface area contributed by atoms with Gasteiger partial charge in [0.05, 0.1) is 7.11 Å². The van der Waals surface area contributed by atoms with Crippen LogP contribution in [-0.4, -0.2) is 18.7 Å². The number of hydrogen-bond acceptors (Lipinski definition) is 3. The minimum atomic E-state index is -0.340. The topological polar surface area (TPSA) is 43.4 Å². The molecule has 4 rings (SSSR count). The van der Waals surface area contributed by atoms with E-state index in [4.69, 9.17) is 4.74 Å². The standard InChI is InChI=1S/C23H28O3/c1-15(24)8-12-23-13-10-21(25)22(23,2)11-9-19-18-6-5-17(26-3)14-16(18)4-7-20(19)23/h5-6,10,13-14,19-20H,4,7-9,11-12H2,1-3H3/t19-,20-,22-,23-/m1/s1. The number of Topliss-reactive ketones (excluding diaryl/α,β-unsaturated/α-hetero) is 1. The molecule has 1 fully saturated rings. The summed E-state index contributed by atoms with van der Waals surface area (Å²) in [4.78, 5) is 24.6. The van der Waals surface area contributed by atoms with Crippen molar-refractivity contribution in [1.29, 1.82) is 0 Å². The zero-order chi connectivity index (χ0) is 18.5. The van der Waals surface area contributed by atoms with E-state index in [-0.39, 0.29) is 22.4 Å². The number of fused-ring (bicyclic) bond motifs is 5. The molecule has 0 unspecified atom stereocenters. The summed E-state index contributed by atoms with van der Waals surface area (Å²) < 4.78 is 5.41. The first-order chi connectivity index (χ1) is 12.4. The van der Waals surface area contributed by atoms with Crippen molar-refractivity contribution in [3.8, 4) is 5.75 Å². The summed E-state index contributed by atoms with van der Waals surface area (Å²) in [6.07, 6.45) is 9.41. The van der Waals surface area contributed by atoms with E-state index < -0.39 is 0 Å². The number of ether oxygens (including phenoxy) is 1. The fraction of sp³-hybridized carbons (Fsp3) is 0.565. The lowest BCUT2D eigenvalue weighted by Gasteiger charge is -2.56. The van der Waals surface area contributed by atoms with Gasteiger partial charge in [-0.15, -0.1) is 0 Å². The molecule has 3 nitrogen and oxygen atoms in total. The SMILES string of the molecule is COc1ccc2c(c1)CC[C@@H]1[C@@H]2CC[C@]2(C)C(=O)C=C[C@]12CCC(C)=O.